The molecule has 5 rings (SSSR count). The number of aryl methyl sites for hydroxylation is 3. The van der Waals surface area contributed by atoms with Crippen LogP contribution in [0.1, 0.15) is 22.4 Å². The largest absolute Gasteiger partial charge is 0.496 e. The molecule has 0 saturated heterocycles. The Morgan fingerprint density at radius 2 is 1.79 bits per heavy atom. The number of hydrogen-bond donors (Lipinski definition) is 0. The van der Waals surface area contributed by atoms with E-state index in [-0.39, 0.29) is 0 Å². The first kappa shape index (κ1) is 21.1. The number of hydrogen-bond acceptors (Lipinski definition) is 6. The zero-order valence-electron chi connectivity index (χ0n) is 18.8. The average molecular weight is 444 g/mol. The van der Waals surface area contributed by atoms with Crippen LogP contribution < -0.4 is 4.74 Å². The molecule has 0 aliphatic heterocycles. The first-order chi connectivity index (χ1) is 16.6. The predicted octanol–water partition coefficient (Wildman–Crippen LogP) is 4.72. The van der Waals surface area contributed by atoms with Crippen molar-refractivity contribution >= 4 is 21.8 Å². The van der Waals surface area contributed by atoms with Crippen molar-refractivity contribution in [1.29, 1.82) is 10.5 Å². The number of benzene rings is 2. The summed E-state index contributed by atoms with van der Waals surface area (Å²) in [5.41, 5.74) is 6.66. The number of ether oxygens (including phenoxy) is 1. The Hall–Kier alpha value is -4.75. The smallest absolute Gasteiger partial charge is 0.140 e. The van der Waals surface area contributed by atoms with Crippen molar-refractivity contribution in [2.24, 2.45) is 7.05 Å². The van der Waals surface area contributed by atoms with E-state index in [1.54, 1.807) is 25.4 Å². The molecule has 7 nitrogen and oxygen atoms in total. The number of nitrogens with zero attached hydrogens (tertiary/aromatic N) is 6. The Balaban J connectivity index is 1.64. The lowest BCUT2D eigenvalue weighted by atomic mass is 9.98. The van der Waals surface area contributed by atoms with Crippen molar-refractivity contribution in [3.8, 4) is 29.1 Å². The van der Waals surface area contributed by atoms with Gasteiger partial charge >= 0.3 is 0 Å². The second-order valence-electron chi connectivity index (χ2n) is 8.02. The minimum atomic E-state index is 0.413. The fraction of sp³-hybridized carbons (Fsp3) is 0.148. The summed E-state index contributed by atoms with van der Waals surface area (Å²) in [6, 6.07) is 19.5. The molecule has 0 bridgehead atoms. The maximum Gasteiger partial charge on any atom is 0.140 e. The lowest BCUT2D eigenvalue weighted by Crippen LogP contribution is -1.98. The molecular weight excluding hydrogens is 424 g/mol. The van der Waals surface area contributed by atoms with Crippen LogP contribution in [0.4, 0.5) is 0 Å². The second-order valence-corrected chi connectivity index (χ2v) is 8.02. The van der Waals surface area contributed by atoms with Gasteiger partial charge in [0, 0.05) is 35.6 Å². The van der Waals surface area contributed by atoms with Gasteiger partial charge in [-0.3, -0.25) is 9.67 Å². The molecule has 0 unspecified atom stereocenters. The van der Waals surface area contributed by atoms with E-state index >= 15 is 0 Å². The van der Waals surface area contributed by atoms with E-state index in [0.29, 0.717) is 11.3 Å². The quantitative estimate of drug-likeness (QED) is 0.389. The zero-order valence-corrected chi connectivity index (χ0v) is 18.8. The fourth-order valence-corrected chi connectivity index (χ4v) is 4.26. The molecule has 5 aromatic rings. The van der Waals surface area contributed by atoms with Crippen LogP contribution in [-0.2, 0) is 19.9 Å². The number of aromatic nitrogens is 4. The Labute approximate surface area is 196 Å². The number of fused-ring (bicyclic) bond motifs is 3. The van der Waals surface area contributed by atoms with E-state index in [4.69, 9.17) is 20.4 Å². The minimum Gasteiger partial charge on any atom is -0.496 e. The van der Waals surface area contributed by atoms with E-state index in [1.165, 1.54) is 0 Å². The second kappa shape index (κ2) is 8.65. The van der Waals surface area contributed by atoms with E-state index < -0.39 is 0 Å². The van der Waals surface area contributed by atoms with Crippen LogP contribution in [0.2, 0.25) is 0 Å². The van der Waals surface area contributed by atoms with Gasteiger partial charge in [0.25, 0.3) is 0 Å². The summed E-state index contributed by atoms with van der Waals surface area (Å²) in [7, 11) is 3.57. The normalized spacial score (nSPS) is 10.8. The van der Waals surface area contributed by atoms with Gasteiger partial charge in [0.05, 0.1) is 36.0 Å². The fourth-order valence-electron chi connectivity index (χ4n) is 4.26. The van der Waals surface area contributed by atoms with Crippen LogP contribution in [0.25, 0.3) is 33.1 Å². The lowest BCUT2D eigenvalue weighted by Gasteiger charge is -2.11. The molecule has 0 amide bonds. The molecule has 0 atom stereocenters. The molecule has 0 aliphatic carbocycles. The summed E-state index contributed by atoms with van der Waals surface area (Å²) in [5.74, 6) is 0.776. The standard InChI is InChI=1S/C27H20N6O/c1-33-24-16-31-23-13-25(34-2)20(8-3-17-9-10-30-21(11-17)15-29)12-22(23)26(24)27(32-33)19-6-4-18(14-28)5-7-19/h4-7,9-13,16H,3,8H2,1-2H3. The van der Waals surface area contributed by atoms with Crippen molar-refractivity contribution in [3.05, 3.63) is 83.3 Å². The Morgan fingerprint density at radius 3 is 2.53 bits per heavy atom. The molecule has 164 valence electrons. The summed E-state index contributed by atoms with van der Waals surface area (Å²) in [5, 5.41) is 25.1. The molecule has 0 spiro atoms. The summed E-state index contributed by atoms with van der Waals surface area (Å²) in [4.78, 5) is 8.72. The van der Waals surface area contributed by atoms with Crippen LogP contribution >= 0.6 is 0 Å². The van der Waals surface area contributed by atoms with Gasteiger partial charge in [0.2, 0.25) is 0 Å². The third-order valence-corrected chi connectivity index (χ3v) is 5.99. The molecule has 0 aliphatic rings. The SMILES string of the molecule is COc1cc2ncc3c(c(-c4ccc(C#N)cc4)nn3C)c2cc1CCc1ccnc(C#N)c1. The summed E-state index contributed by atoms with van der Waals surface area (Å²) >= 11 is 0. The van der Waals surface area contributed by atoms with Gasteiger partial charge in [0.1, 0.15) is 23.2 Å². The maximum absolute atomic E-state index is 9.15. The highest BCUT2D eigenvalue weighted by Gasteiger charge is 2.17. The molecule has 34 heavy (non-hydrogen) atoms. The summed E-state index contributed by atoms with van der Waals surface area (Å²) < 4.78 is 7.52. The van der Waals surface area contributed by atoms with Crippen molar-refractivity contribution in [2.45, 2.75) is 12.8 Å². The van der Waals surface area contributed by atoms with Crippen molar-refractivity contribution in [1.82, 2.24) is 19.7 Å². The van der Waals surface area contributed by atoms with Crippen LogP contribution in [0.5, 0.6) is 5.75 Å². The number of nitriles is 2. The van der Waals surface area contributed by atoms with Crippen molar-refractivity contribution < 1.29 is 4.74 Å². The van der Waals surface area contributed by atoms with Crippen LogP contribution in [0, 0.1) is 22.7 Å². The van der Waals surface area contributed by atoms with E-state index in [9.17, 15) is 0 Å². The highest BCUT2D eigenvalue weighted by Crippen LogP contribution is 2.36. The molecule has 0 saturated carbocycles. The minimum absolute atomic E-state index is 0.413. The maximum atomic E-state index is 9.15. The number of pyridine rings is 2. The molecule has 3 heterocycles. The van der Waals surface area contributed by atoms with Gasteiger partial charge in [-0.05, 0) is 54.3 Å². The van der Waals surface area contributed by atoms with Crippen LogP contribution in [0.15, 0.2) is 60.9 Å². The molecule has 0 N–H and O–H groups in total. The van der Waals surface area contributed by atoms with Crippen LogP contribution in [-0.4, -0.2) is 26.9 Å². The first-order valence-corrected chi connectivity index (χ1v) is 10.8. The third-order valence-electron chi connectivity index (χ3n) is 5.99. The zero-order chi connectivity index (χ0) is 23.7. The van der Waals surface area contributed by atoms with Gasteiger partial charge in [-0.25, -0.2) is 4.98 Å². The molecule has 2 aromatic carbocycles. The van der Waals surface area contributed by atoms with Gasteiger partial charge in [-0.15, -0.1) is 0 Å². The predicted molar refractivity (Wildman–Crippen MR) is 129 cm³/mol. The monoisotopic (exact) mass is 444 g/mol. The van der Waals surface area contributed by atoms with Gasteiger partial charge < -0.3 is 4.74 Å². The van der Waals surface area contributed by atoms with Crippen molar-refractivity contribution in [3.63, 3.8) is 0 Å². The highest BCUT2D eigenvalue weighted by molar-refractivity contribution is 6.11. The third kappa shape index (κ3) is 3.70. The number of rotatable bonds is 5. The summed E-state index contributed by atoms with van der Waals surface area (Å²) in [6.45, 7) is 0. The molecule has 0 radical (unpaired) electrons. The Bertz CT molecular complexity index is 1620. The van der Waals surface area contributed by atoms with Crippen molar-refractivity contribution in [2.75, 3.05) is 7.11 Å². The molecule has 0 fully saturated rings. The Kier molecular flexibility index (Phi) is 5.37. The van der Waals surface area contributed by atoms with Gasteiger partial charge in [0.15, 0.2) is 0 Å². The van der Waals surface area contributed by atoms with Crippen LogP contribution in [0.3, 0.4) is 0 Å². The van der Waals surface area contributed by atoms with Gasteiger partial charge in [-0.2, -0.15) is 15.6 Å². The van der Waals surface area contributed by atoms with E-state index in [0.717, 1.165) is 62.8 Å². The summed E-state index contributed by atoms with van der Waals surface area (Å²) in [6.07, 6.45) is 4.98. The highest BCUT2D eigenvalue weighted by atomic mass is 16.5. The topological polar surface area (TPSA) is 100 Å². The average Bonchev–Trinajstić information content (AvgIpc) is 3.23. The van der Waals surface area contributed by atoms with Gasteiger partial charge in [-0.1, -0.05) is 12.1 Å². The Morgan fingerprint density at radius 1 is 0.971 bits per heavy atom. The lowest BCUT2D eigenvalue weighted by molar-refractivity contribution is 0.410. The molecule has 3 aromatic heterocycles. The first-order valence-electron chi connectivity index (χ1n) is 10.8. The molecular formula is C27H20N6O. The van der Waals surface area contributed by atoms with E-state index in [1.807, 2.05) is 48.3 Å². The van der Waals surface area contributed by atoms with E-state index in [2.05, 4.69) is 28.2 Å². The number of methoxy groups -OCH3 is 1. The molecule has 7 heteroatoms.